The van der Waals surface area contributed by atoms with Crippen molar-refractivity contribution in [3.05, 3.63) is 23.8 Å². The summed E-state index contributed by atoms with van der Waals surface area (Å²) in [6, 6.07) is 6.00. The molecule has 0 bridgehead atoms. The molecule has 0 saturated carbocycles. The summed E-state index contributed by atoms with van der Waals surface area (Å²) in [5, 5.41) is 2.69. The van der Waals surface area contributed by atoms with E-state index in [2.05, 4.69) is 11.4 Å². The molecule has 1 saturated heterocycles. The van der Waals surface area contributed by atoms with Crippen molar-refractivity contribution in [2.24, 2.45) is 0 Å². The molecule has 1 heterocycles. The second kappa shape index (κ2) is 11.1. The van der Waals surface area contributed by atoms with Crippen molar-refractivity contribution in [3.63, 3.8) is 0 Å². The van der Waals surface area contributed by atoms with Crippen molar-refractivity contribution in [2.45, 2.75) is 45.8 Å². The number of hydrogen-bond donors (Lipinski definition) is 2. The van der Waals surface area contributed by atoms with Gasteiger partial charge in [0.05, 0.1) is 40.4 Å². The average molecular weight is 423 g/mol. The lowest BCUT2D eigenvalue weighted by atomic mass is 10.1. The van der Waals surface area contributed by atoms with Gasteiger partial charge in [-0.1, -0.05) is 0 Å². The molecule has 0 aliphatic carbocycles. The van der Waals surface area contributed by atoms with Crippen LogP contribution in [0.5, 0.6) is 11.5 Å². The van der Waals surface area contributed by atoms with Crippen molar-refractivity contribution >= 4 is 12.0 Å². The van der Waals surface area contributed by atoms with E-state index >= 15 is 0 Å². The molecule has 0 radical (unpaired) electrons. The highest BCUT2D eigenvalue weighted by atomic mass is 16.6. The largest absolute Gasteiger partial charge is 0.493 e. The van der Waals surface area contributed by atoms with Gasteiger partial charge in [0.1, 0.15) is 12.1 Å². The summed E-state index contributed by atoms with van der Waals surface area (Å²) in [6.07, 6.45) is 0.597. The zero-order valence-corrected chi connectivity index (χ0v) is 18.9. The molecule has 0 aromatic heterocycles. The average Bonchev–Trinajstić information content (AvgIpc) is 2.70. The molecule has 30 heavy (non-hydrogen) atoms. The van der Waals surface area contributed by atoms with Crippen molar-refractivity contribution in [3.8, 4) is 11.5 Å². The van der Waals surface area contributed by atoms with Gasteiger partial charge in [0, 0.05) is 18.5 Å². The van der Waals surface area contributed by atoms with E-state index in [0.717, 1.165) is 44.2 Å². The summed E-state index contributed by atoms with van der Waals surface area (Å²) in [6.45, 7) is 10.1. The lowest BCUT2D eigenvalue weighted by Crippen LogP contribution is -3.13. The number of alkyl carbamates (subject to hydrolysis) is 1. The number of piperazine rings is 1. The standard InChI is InChI=1S/C22H35N3O5/c1-22(2,3)30-21(27)23-10-6-7-20(26)25-13-11-24(12-14-25)16-17-8-9-18(28-4)19(15-17)29-5/h8-9,15H,6-7,10-14,16H2,1-5H3,(H,23,27)/p+1. The Hall–Kier alpha value is -2.48. The predicted molar refractivity (Wildman–Crippen MR) is 114 cm³/mol. The summed E-state index contributed by atoms with van der Waals surface area (Å²) in [5.74, 6) is 1.61. The molecule has 0 spiro atoms. The number of amides is 2. The molecule has 2 rings (SSSR count). The first kappa shape index (κ1) is 23.8. The molecular formula is C22H36N3O5+. The summed E-state index contributed by atoms with van der Waals surface area (Å²) < 4.78 is 15.9. The highest BCUT2D eigenvalue weighted by Crippen LogP contribution is 2.27. The fourth-order valence-corrected chi connectivity index (χ4v) is 3.43. The molecule has 8 nitrogen and oxygen atoms in total. The maximum atomic E-state index is 12.4. The predicted octanol–water partition coefficient (Wildman–Crippen LogP) is 1.24. The Bertz CT molecular complexity index is 709. The molecule has 1 aromatic rings. The number of methoxy groups -OCH3 is 2. The van der Waals surface area contributed by atoms with Gasteiger partial charge in [0.15, 0.2) is 11.5 Å². The van der Waals surface area contributed by atoms with Gasteiger partial charge in [-0.25, -0.2) is 4.79 Å². The van der Waals surface area contributed by atoms with Gasteiger partial charge in [0.2, 0.25) is 5.91 Å². The number of nitrogens with one attached hydrogen (secondary N) is 2. The minimum atomic E-state index is -0.515. The summed E-state index contributed by atoms with van der Waals surface area (Å²) in [7, 11) is 3.27. The highest BCUT2D eigenvalue weighted by Gasteiger charge is 2.24. The number of benzene rings is 1. The van der Waals surface area contributed by atoms with Gasteiger partial charge in [-0.05, 0) is 45.4 Å². The lowest BCUT2D eigenvalue weighted by molar-refractivity contribution is -0.917. The molecule has 1 aliphatic heterocycles. The first-order chi connectivity index (χ1) is 14.2. The van der Waals surface area contributed by atoms with E-state index in [1.165, 1.54) is 10.5 Å². The van der Waals surface area contributed by atoms with Gasteiger partial charge in [-0.3, -0.25) is 4.79 Å². The molecule has 2 amide bonds. The molecule has 168 valence electrons. The molecule has 1 fully saturated rings. The molecule has 8 heteroatoms. The number of rotatable bonds is 8. The third kappa shape index (κ3) is 7.74. The molecule has 0 unspecified atom stereocenters. The van der Waals surface area contributed by atoms with Crippen molar-refractivity contribution in [1.29, 1.82) is 0 Å². The maximum absolute atomic E-state index is 12.4. The van der Waals surface area contributed by atoms with Crippen molar-refractivity contribution in [2.75, 3.05) is 46.9 Å². The lowest BCUT2D eigenvalue weighted by Gasteiger charge is -2.32. The Morgan fingerprint density at radius 3 is 2.37 bits per heavy atom. The van der Waals surface area contributed by atoms with Gasteiger partial charge in [0.25, 0.3) is 0 Å². The first-order valence-corrected chi connectivity index (χ1v) is 10.5. The molecular weight excluding hydrogens is 386 g/mol. The van der Waals surface area contributed by atoms with Crippen molar-refractivity contribution < 1.29 is 28.7 Å². The number of quaternary nitrogens is 1. The Morgan fingerprint density at radius 2 is 1.77 bits per heavy atom. The minimum Gasteiger partial charge on any atom is -0.493 e. The van der Waals surface area contributed by atoms with Crippen LogP contribution in [0.25, 0.3) is 0 Å². The fourth-order valence-electron chi connectivity index (χ4n) is 3.43. The van der Waals surface area contributed by atoms with Crippen LogP contribution in [0.15, 0.2) is 18.2 Å². The van der Waals surface area contributed by atoms with Crippen LogP contribution in [-0.2, 0) is 16.1 Å². The number of nitrogens with zero attached hydrogens (tertiary/aromatic N) is 1. The van der Waals surface area contributed by atoms with Gasteiger partial charge in [-0.15, -0.1) is 0 Å². The second-order valence-corrected chi connectivity index (χ2v) is 8.53. The zero-order chi connectivity index (χ0) is 22.1. The number of ether oxygens (including phenoxy) is 3. The Kier molecular flexibility index (Phi) is 8.77. The van der Waals surface area contributed by atoms with E-state index in [1.807, 2.05) is 37.8 Å². The smallest absolute Gasteiger partial charge is 0.407 e. The zero-order valence-electron chi connectivity index (χ0n) is 18.9. The quantitative estimate of drug-likeness (QED) is 0.616. The third-order valence-electron chi connectivity index (χ3n) is 4.96. The SMILES string of the molecule is COc1ccc(C[NH+]2CCN(C(=O)CCCNC(=O)OC(C)(C)C)CC2)cc1OC. The van der Waals surface area contributed by atoms with E-state index in [4.69, 9.17) is 14.2 Å². The monoisotopic (exact) mass is 422 g/mol. The van der Waals surface area contributed by atoms with Gasteiger partial charge in [-0.2, -0.15) is 0 Å². The van der Waals surface area contributed by atoms with E-state index in [0.29, 0.717) is 19.4 Å². The Labute approximate surface area is 179 Å². The number of carbonyl (C=O) groups is 2. The van der Waals surface area contributed by atoms with Crippen LogP contribution in [0.2, 0.25) is 0 Å². The number of carbonyl (C=O) groups excluding carboxylic acids is 2. The van der Waals surface area contributed by atoms with Crippen molar-refractivity contribution in [1.82, 2.24) is 10.2 Å². The topological polar surface area (TPSA) is 81.5 Å². The van der Waals surface area contributed by atoms with E-state index in [9.17, 15) is 9.59 Å². The second-order valence-electron chi connectivity index (χ2n) is 8.53. The normalized spacial score (nSPS) is 14.9. The van der Waals surface area contributed by atoms with Crippen LogP contribution in [0, 0.1) is 0 Å². The van der Waals surface area contributed by atoms with E-state index in [1.54, 1.807) is 14.2 Å². The van der Waals surface area contributed by atoms with Crippen LogP contribution in [0.3, 0.4) is 0 Å². The van der Waals surface area contributed by atoms with Gasteiger partial charge < -0.3 is 29.3 Å². The Morgan fingerprint density at radius 1 is 1.10 bits per heavy atom. The molecule has 1 aromatic carbocycles. The van der Waals surface area contributed by atoms with Crippen LogP contribution in [0.1, 0.15) is 39.2 Å². The summed E-state index contributed by atoms with van der Waals surface area (Å²) >= 11 is 0. The van der Waals surface area contributed by atoms with Crippen LogP contribution < -0.4 is 19.7 Å². The minimum absolute atomic E-state index is 0.145. The fraction of sp³-hybridized carbons (Fsp3) is 0.636. The van der Waals surface area contributed by atoms with E-state index in [-0.39, 0.29) is 5.91 Å². The number of hydrogen-bond acceptors (Lipinski definition) is 5. The molecule has 1 aliphatic rings. The van der Waals surface area contributed by atoms with Crippen LogP contribution >= 0.6 is 0 Å². The third-order valence-corrected chi connectivity index (χ3v) is 4.96. The first-order valence-electron chi connectivity index (χ1n) is 10.5. The van der Waals surface area contributed by atoms with Gasteiger partial charge >= 0.3 is 6.09 Å². The molecule has 0 atom stereocenters. The molecule has 2 N–H and O–H groups in total. The van der Waals surface area contributed by atoms with Crippen LogP contribution in [0.4, 0.5) is 4.79 Å². The summed E-state index contributed by atoms with van der Waals surface area (Å²) in [4.78, 5) is 27.4. The summed E-state index contributed by atoms with van der Waals surface area (Å²) in [5.41, 5.74) is 0.675. The van der Waals surface area contributed by atoms with E-state index < -0.39 is 11.7 Å². The van der Waals surface area contributed by atoms with Crippen LogP contribution in [-0.4, -0.2) is 69.4 Å². The Balaban J connectivity index is 1.69. The maximum Gasteiger partial charge on any atom is 0.407 e. The highest BCUT2D eigenvalue weighted by molar-refractivity contribution is 5.76.